The first-order chi connectivity index (χ1) is 2.41. The van der Waals surface area contributed by atoms with E-state index in [4.69, 9.17) is 4.79 Å². The van der Waals surface area contributed by atoms with Crippen LogP contribution >= 0.6 is 22.7 Å². The smallest absolute Gasteiger partial charge is 0.306 e. The van der Waals surface area contributed by atoms with Crippen LogP contribution in [-0.4, -0.2) is 6.47 Å². The minimum atomic E-state index is 0.317. The predicted octanol–water partition coefficient (Wildman–Crippen LogP) is 0.652. The van der Waals surface area contributed by atoms with Gasteiger partial charge in [0.05, 0.1) is 0 Å². The molecule has 4 heteroatoms. The van der Waals surface area contributed by atoms with Crippen LogP contribution in [0.4, 0.5) is 0 Å². The van der Waals surface area contributed by atoms with Crippen molar-refractivity contribution in [2.45, 2.75) is 0 Å². The quantitative estimate of drug-likeness (QED) is 0.245. The van der Waals surface area contributed by atoms with Crippen molar-refractivity contribution in [3.63, 3.8) is 0 Å². The van der Waals surface area contributed by atoms with Crippen LogP contribution in [0, 0.1) is 0 Å². The molecule has 0 saturated carbocycles. The van der Waals surface area contributed by atoms with Gasteiger partial charge in [-0.15, -0.1) is 0 Å². The molecule has 0 aliphatic carbocycles. The fraction of sp³-hybridized carbons (Fsp3) is 0. The van der Waals surface area contributed by atoms with Crippen LogP contribution in [0.5, 0.6) is 0 Å². The van der Waals surface area contributed by atoms with Crippen molar-refractivity contribution in [3.05, 3.63) is 0 Å². The molecule has 0 rings (SSSR count). The Kier molecular flexibility index (Phi) is 4.31. The van der Waals surface area contributed by atoms with Gasteiger partial charge in [0, 0.05) is 0 Å². The first-order valence-corrected chi connectivity index (χ1v) is 2.61. The van der Waals surface area contributed by atoms with E-state index in [0.29, 0.717) is 6.47 Å². The normalized spacial score (nSPS) is 6.60. The van der Waals surface area contributed by atoms with Gasteiger partial charge in [-0.05, 0) is 0 Å². The van der Waals surface area contributed by atoms with E-state index in [1.807, 2.05) is 0 Å². The summed E-state index contributed by atoms with van der Waals surface area (Å²) in [6.07, 6.45) is 0. The van der Waals surface area contributed by atoms with Crippen molar-refractivity contribution in [3.8, 4) is 0 Å². The van der Waals surface area contributed by atoms with E-state index in [9.17, 15) is 0 Å². The zero-order valence-corrected chi connectivity index (χ0v) is 3.96. The second-order valence-corrected chi connectivity index (χ2v) is 1.06. The molecule has 0 aromatic heterocycles. The summed E-state index contributed by atoms with van der Waals surface area (Å²) in [6, 6.07) is 0. The van der Waals surface area contributed by atoms with E-state index in [-0.39, 0.29) is 0 Å². The van der Waals surface area contributed by atoms with Gasteiger partial charge in [-0.2, -0.15) is 0 Å². The lowest BCUT2D eigenvalue weighted by Crippen LogP contribution is -1.62. The third-order valence-electron chi connectivity index (χ3n) is 0.0823. The Balaban J connectivity index is 2.40. The topological polar surface area (TPSA) is 26.3 Å². The molecule has 0 radical (unpaired) electrons. The van der Waals surface area contributed by atoms with E-state index in [2.05, 4.69) is 15.8 Å². The van der Waals surface area contributed by atoms with Crippen molar-refractivity contribution >= 4 is 29.2 Å². The molecule has 5 heavy (non-hydrogen) atoms. The lowest BCUT2D eigenvalue weighted by molar-refractivity contribution is -0.119. The van der Waals surface area contributed by atoms with Gasteiger partial charge in [0.25, 0.3) is 0 Å². The minimum Gasteiger partial charge on any atom is -0.382 e. The summed E-state index contributed by atoms with van der Waals surface area (Å²) in [5.74, 6) is 0. The van der Waals surface area contributed by atoms with Crippen LogP contribution in [0.1, 0.15) is 0 Å². The summed E-state index contributed by atoms with van der Waals surface area (Å²) in [4.78, 5) is 9.11. The van der Waals surface area contributed by atoms with E-state index < -0.39 is 0 Å². The van der Waals surface area contributed by atoms with E-state index in [1.165, 1.54) is 0 Å². The van der Waals surface area contributed by atoms with Gasteiger partial charge in [0.1, 0.15) is 11.1 Å². The highest BCUT2D eigenvalue weighted by atomic mass is 33.1. The van der Waals surface area contributed by atoms with Crippen molar-refractivity contribution in [1.29, 1.82) is 0 Å². The second-order valence-electron chi connectivity index (χ2n) is 0.267. The molecule has 0 heterocycles. The van der Waals surface area contributed by atoms with Crippen molar-refractivity contribution in [1.82, 2.24) is 0 Å². The predicted molar refractivity (Wildman–Crippen MR) is 23.7 cm³/mol. The number of hydrogen-bond donors (Lipinski definition) is 1. The molecule has 0 fully saturated rings. The summed E-state index contributed by atoms with van der Waals surface area (Å²) in [5, 5.41) is 0. The molecule has 0 aromatic rings. The minimum absolute atomic E-state index is 0.317. The Labute approximate surface area is 38.9 Å². The van der Waals surface area contributed by atoms with E-state index in [0.717, 1.165) is 11.1 Å². The summed E-state index contributed by atoms with van der Waals surface area (Å²) in [6.45, 7) is 0.317. The average Bonchev–Trinajstić information content (AvgIpc) is 1.41. The molecule has 2 nitrogen and oxygen atoms in total. The van der Waals surface area contributed by atoms with Crippen LogP contribution in [-0.2, 0) is 8.98 Å². The number of carbonyl (C=O) groups is 1. The molecule has 0 amide bonds. The molecule has 0 aliphatic rings. The zero-order chi connectivity index (χ0) is 4.12. The first-order valence-electron chi connectivity index (χ1n) is 0.821. The molecule has 0 atom stereocenters. The van der Waals surface area contributed by atoms with Gasteiger partial charge in [0.2, 0.25) is 0 Å². The van der Waals surface area contributed by atoms with Crippen LogP contribution in [0.3, 0.4) is 0 Å². The van der Waals surface area contributed by atoms with Crippen LogP contribution in [0.15, 0.2) is 0 Å². The number of thiol groups is 1. The molecule has 0 aromatic carbocycles. The maximum absolute atomic E-state index is 9.11. The number of rotatable bonds is 2. The lowest BCUT2D eigenvalue weighted by Gasteiger charge is -1.75. The van der Waals surface area contributed by atoms with Gasteiger partial charge < -0.3 is 4.18 Å². The summed E-state index contributed by atoms with van der Waals surface area (Å²) < 4.78 is 3.93. The first kappa shape index (κ1) is 5.17. The summed E-state index contributed by atoms with van der Waals surface area (Å²) in [7, 11) is 0. The third-order valence-corrected chi connectivity index (χ3v) is 0.505. The highest BCUT2D eigenvalue weighted by Crippen LogP contribution is 2.01. The zero-order valence-electron chi connectivity index (χ0n) is 2.25. The molecule has 0 unspecified atom stereocenters. The number of hydrogen-bond acceptors (Lipinski definition) is 4. The Morgan fingerprint density at radius 3 is 2.60 bits per heavy atom. The highest BCUT2D eigenvalue weighted by molar-refractivity contribution is 8.66. The fourth-order valence-corrected chi connectivity index (χ4v) is 0.158. The molecule has 30 valence electrons. The number of carbonyl (C=O) groups excluding carboxylic acids is 1. The molecule has 0 spiro atoms. The van der Waals surface area contributed by atoms with Gasteiger partial charge in [-0.25, -0.2) is 0 Å². The third kappa shape index (κ3) is 4.17. The summed E-state index contributed by atoms with van der Waals surface area (Å²) in [5.41, 5.74) is 0. The van der Waals surface area contributed by atoms with E-state index >= 15 is 0 Å². The van der Waals surface area contributed by atoms with Crippen molar-refractivity contribution in [2.24, 2.45) is 0 Å². The fourth-order valence-electron chi connectivity index (χ4n) is 0.0176. The Hall–Kier alpha value is 0.170. The lowest BCUT2D eigenvalue weighted by atomic mass is 11.7. The molecular weight excluding hydrogens is 108 g/mol. The van der Waals surface area contributed by atoms with Crippen LogP contribution < -0.4 is 0 Å². The maximum atomic E-state index is 9.11. The molecule has 0 saturated heterocycles. The highest BCUT2D eigenvalue weighted by Gasteiger charge is 1.64. The van der Waals surface area contributed by atoms with Gasteiger partial charge in [-0.3, -0.25) is 4.79 Å². The summed E-state index contributed by atoms with van der Waals surface area (Å²) >= 11 is 4.19. The Morgan fingerprint density at radius 2 is 2.60 bits per heavy atom. The largest absolute Gasteiger partial charge is 0.382 e. The SMILES string of the molecule is O=COSS. The monoisotopic (exact) mass is 110 g/mol. The van der Waals surface area contributed by atoms with E-state index in [1.54, 1.807) is 0 Å². The van der Waals surface area contributed by atoms with Crippen molar-refractivity contribution < 1.29 is 8.98 Å². The van der Waals surface area contributed by atoms with Crippen LogP contribution in [0.2, 0.25) is 0 Å². The molecular formula is CH2O2S2. The average molecular weight is 110 g/mol. The van der Waals surface area contributed by atoms with Gasteiger partial charge in [0.15, 0.2) is 0 Å². The van der Waals surface area contributed by atoms with Gasteiger partial charge >= 0.3 is 6.47 Å². The Bertz CT molecular complexity index is 28.8. The molecule has 0 aliphatic heterocycles. The standard InChI is InChI=1S/CH2O2S2/c2-1-3-5-4/h1,4H. The molecule has 0 N–H and O–H groups in total. The van der Waals surface area contributed by atoms with Gasteiger partial charge in [-0.1, -0.05) is 11.7 Å². The van der Waals surface area contributed by atoms with Crippen molar-refractivity contribution in [2.75, 3.05) is 0 Å². The Morgan fingerprint density at radius 1 is 2.00 bits per heavy atom. The molecule has 0 bridgehead atoms. The van der Waals surface area contributed by atoms with Crippen LogP contribution in [0.25, 0.3) is 0 Å². The maximum Gasteiger partial charge on any atom is 0.306 e. The second kappa shape index (κ2) is 4.17.